The van der Waals surface area contributed by atoms with Crippen LogP contribution in [0.25, 0.3) is 0 Å². The van der Waals surface area contributed by atoms with Crippen LogP contribution in [-0.4, -0.2) is 49.5 Å². The Kier molecular flexibility index (Phi) is 8.65. The number of methoxy groups -OCH3 is 1. The Morgan fingerprint density at radius 2 is 1.81 bits per heavy atom. The first-order chi connectivity index (χ1) is 15.1. The number of Topliss-reactive ketones (excluding diaryl/α,β-unsaturated/α-hetero) is 1. The third-order valence-corrected chi connectivity index (χ3v) is 6.12. The largest absolute Gasteiger partial charge is 0.492 e. The Hall–Kier alpha value is -2.66. The van der Waals surface area contributed by atoms with Gasteiger partial charge in [0, 0.05) is 13.0 Å². The van der Waals surface area contributed by atoms with E-state index in [0.29, 0.717) is 24.4 Å². The number of para-hydroxylation sites is 1. The number of benzene rings is 2. The molecule has 0 aromatic heterocycles. The summed E-state index contributed by atoms with van der Waals surface area (Å²) in [6.07, 6.45) is 4.54. The monoisotopic (exact) mass is 423 g/mol. The molecule has 5 nitrogen and oxygen atoms in total. The number of likely N-dealkylation sites (tertiary alicyclic amines) is 1. The average Bonchev–Trinajstić information content (AvgIpc) is 2.83. The van der Waals surface area contributed by atoms with Crippen molar-refractivity contribution >= 4 is 11.8 Å². The lowest BCUT2D eigenvalue weighted by Gasteiger charge is -2.35. The van der Waals surface area contributed by atoms with Gasteiger partial charge in [-0.25, -0.2) is 4.79 Å². The normalized spacial score (nSPS) is 17.7. The lowest BCUT2D eigenvalue weighted by atomic mass is 9.87. The minimum absolute atomic E-state index is 0.0310. The molecule has 5 heteroatoms. The quantitative estimate of drug-likeness (QED) is 0.511. The van der Waals surface area contributed by atoms with Gasteiger partial charge >= 0.3 is 5.97 Å². The summed E-state index contributed by atoms with van der Waals surface area (Å²) in [5, 5.41) is 0. The number of carbonyl (C=O) groups is 2. The van der Waals surface area contributed by atoms with Crippen molar-refractivity contribution in [3.8, 4) is 5.75 Å². The van der Waals surface area contributed by atoms with Gasteiger partial charge in [0.25, 0.3) is 0 Å². The predicted octanol–water partition coefficient (Wildman–Crippen LogP) is 4.86. The van der Waals surface area contributed by atoms with E-state index in [1.807, 2.05) is 42.5 Å². The van der Waals surface area contributed by atoms with Gasteiger partial charge in [0.2, 0.25) is 0 Å². The van der Waals surface area contributed by atoms with Crippen molar-refractivity contribution in [3.05, 3.63) is 65.7 Å². The number of ketones is 1. The number of ether oxygens (including phenoxy) is 2. The molecule has 2 aromatic carbocycles. The molecule has 2 aromatic rings. The number of hydrogen-bond donors (Lipinski definition) is 0. The van der Waals surface area contributed by atoms with Crippen LogP contribution in [0.2, 0.25) is 0 Å². The van der Waals surface area contributed by atoms with Crippen molar-refractivity contribution in [2.45, 2.75) is 51.0 Å². The molecule has 31 heavy (non-hydrogen) atoms. The highest BCUT2D eigenvalue weighted by atomic mass is 16.5. The Morgan fingerprint density at radius 3 is 2.48 bits per heavy atom. The minimum Gasteiger partial charge on any atom is -0.492 e. The molecule has 1 aliphatic heterocycles. The molecular formula is C26H33NO4. The van der Waals surface area contributed by atoms with Crippen LogP contribution in [0.4, 0.5) is 0 Å². The van der Waals surface area contributed by atoms with Crippen LogP contribution in [0.5, 0.6) is 5.75 Å². The first-order valence-corrected chi connectivity index (χ1v) is 11.2. The lowest BCUT2D eigenvalue weighted by Crippen LogP contribution is -2.46. The molecule has 1 fully saturated rings. The molecule has 0 spiro atoms. The zero-order valence-corrected chi connectivity index (χ0v) is 18.6. The summed E-state index contributed by atoms with van der Waals surface area (Å²) in [5.74, 6) is 0.988. The fourth-order valence-electron chi connectivity index (χ4n) is 4.31. The van der Waals surface area contributed by atoms with Crippen LogP contribution < -0.4 is 4.74 Å². The van der Waals surface area contributed by atoms with Gasteiger partial charge in [0.1, 0.15) is 12.4 Å². The maximum Gasteiger partial charge on any atom is 0.337 e. The van der Waals surface area contributed by atoms with E-state index in [4.69, 9.17) is 9.47 Å². The summed E-state index contributed by atoms with van der Waals surface area (Å²) in [6.45, 7) is 4.40. The first kappa shape index (κ1) is 23.0. The van der Waals surface area contributed by atoms with Gasteiger partial charge in [-0.2, -0.15) is 0 Å². The highest BCUT2D eigenvalue weighted by molar-refractivity contribution is 5.89. The van der Waals surface area contributed by atoms with Crippen molar-refractivity contribution in [1.29, 1.82) is 0 Å². The average molecular weight is 424 g/mol. The molecule has 0 amide bonds. The molecule has 0 bridgehead atoms. The first-order valence-electron chi connectivity index (χ1n) is 11.2. The fraction of sp³-hybridized carbons (Fsp3) is 0.462. The van der Waals surface area contributed by atoms with Crippen LogP contribution in [0.1, 0.15) is 60.9 Å². The van der Waals surface area contributed by atoms with Crippen molar-refractivity contribution < 1.29 is 19.1 Å². The summed E-state index contributed by atoms with van der Waals surface area (Å²) >= 11 is 0. The van der Waals surface area contributed by atoms with E-state index in [1.165, 1.54) is 7.11 Å². The van der Waals surface area contributed by atoms with Crippen LogP contribution in [-0.2, 0) is 9.53 Å². The van der Waals surface area contributed by atoms with Gasteiger partial charge in [-0.15, -0.1) is 0 Å². The van der Waals surface area contributed by atoms with E-state index in [9.17, 15) is 9.59 Å². The molecule has 1 saturated heterocycles. The van der Waals surface area contributed by atoms with Crippen LogP contribution in [0.15, 0.2) is 54.6 Å². The number of piperidine rings is 1. The Balaban J connectivity index is 1.58. The summed E-state index contributed by atoms with van der Waals surface area (Å²) in [4.78, 5) is 27.2. The highest BCUT2D eigenvalue weighted by Gasteiger charge is 2.30. The second kappa shape index (κ2) is 11.7. The molecule has 0 radical (unpaired) electrons. The van der Waals surface area contributed by atoms with Crippen molar-refractivity contribution in [2.24, 2.45) is 0 Å². The fourth-order valence-corrected chi connectivity index (χ4v) is 4.31. The number of esters is 1. The Labute approximate surface area is 185 Å². The van der Waals surface area contributed by atoms with Crippen molar-refractivity contribution in [2.75, 3.05) is 26.8 Å². The highest BCUT2D eigenvalue weighted by Crippen LogP contribution is 2.27. The molecule has 0 N–H and O–H groups in total. The van der Waals surface area contributed by atoms with Gasteiger partial charge in [-0.3, -0.25) is 9.69 Å². The maximum absolute atomic E-state index is 13.2. The lowest BCUT2D eigenvalue weighted by molar-refractivity contribution is -0.126. The number of nitrogens with zero attached hydrogens (tertiary/aromatic N) is 1. The second-order valence-electron chi connectivity index (χ2n) is 8.10. The topological polar surface area (TPSA) is 55.8 Å². The number of carbonyl (C=O) groups excluding carboxylic acids is 2. The van der Waals surface area contributed by atoms with Gasteiger partial charge in [-0.1, -0.05) is 43.7 Å². The molecule has 3 rings (SSSR count). The SMILES string of the molecule is CC[C@H](CC(=O)[C@H]1CCCCN1CCOc1ccccc1)c1ccc(C(=O)OC)cc1. The Bertz CT molecular complexity index is 834. The van der Waals surface area contributed by atoms with Crippen LogP contribution in [0.3, 0.4) is 0 Å². The van der Waals surface area contributed by atoms with Crippen molar-refractivity contribution in [1.82, 2.24) is 4.90 Å². The summed E-state index contributed by atoms with van der Waals surface area (Å²) in [5.41, 5.74) is 1.63. The third-order valence-electron chi connectivity index (χ3n) is 6.12. The van der Waals surface area contributed by atoms with E-state index in [-0.39, 0.29) is 17.9 Å². The Morgan fingerprint density at radius 1 is 1.06 bits per heavy atom. The summed E-state index contributed by atoms with van der Waals surface area (Å²) in [7, 11) is 1.38. The molecule has 1 aliphatic rings. The molecule has 1 heterocycles. The molecule has 2 atom stereocenters. The zero-order chi connectivity index (χ0) is 22.1. The minimum atomic E-state index is -0.341. The van der Waals surface area contributed by atoms with E-state index in [0.717, 1.165) is 50.1 Å². The number of hydrogen-bond acceptors (Lipinski definition) is 5. The van der Waals surface area contributed by atoms with Gasteiger partial charge < -0.3 is 9.47 Å². The predicted molar refractivity (Wildman–Crippen MR) is 122 cm³/mol. The summed E-state index contributed by atoms with van der Waals surface area (Å²) < 4.78 is 10.6. The molecular weight excluding hydrogens is 390 g/mol. The van der Waals surface area contributed by atoms with Crippen LogP contribution >= 0.6 is 0 Å². The van der Waals surface area contributed by atoms with Gasteiger partial charge in [-0.05, 0) is 61.6 Å². The molecule has 0 unspecified atom stereocenters. The van der Waals surface area contributed by atoms with E-state index >= 15 is 0 Å². The van der Waals surface area contributed by atoms with E-state index < -0.39 is 0 Å². The third kappa shape index (κ3) is 6.41. The van der Waals surface area contributed by atoms with E-state index in [2.05, 4.69) is 11.8 Å². The van der Waals surface area contributed by atoms with Crippen molar-refractivity contribution in [3.63, 3.8) is 0 Å². The van der Waals surface area contributed by atoms with Gasteiger partial charge in [0.15, 0.2) is 5.78 Å². The van der Waals surface area contributed by atoms with Crippen LogP contribution in [0, 0.1) is 0 Å². The van der Waals surface area contributed by atoms with E-state index in [1.54, 1.807) is 12.1 Å². The standard InChI is InChI=1S/C26H33NO4/c1-3-20(21-12-14-22(15-13-21)26(29)30-2)19-25(28)24-11-7-8-16-27(24)17-18-31-23-9-5-4-6-10-23/h4-6,9-10,12-15,20,24H,3,7-8,11,16-19H2,1-2H3/t20-,24-/m1/s1. The molecule has 0 saturated carbocycles. The van der Waals surface area contributed by atoms with Gasteiger partial charge in [0.05, 0.1) is 18.7 Å². The summed E-state index contributed by atoms with van der Waals surface area (Å²) in [6, 6.07) is 17.2. The number of rotatable bonds is 10. The molecule has 166 valence electrons. The maximum atomic E-state index is 13.2. The molecule has 0 aliphatic carbocycles. The second-order valence-corrected chi connectivity index (χ2v) is 8.10. The smallest absolute Gasteiger partial charge is 0.337 e. The zero-order valence-electron chi connectivity index (χ0n) is 18.6.